The molecule has 0 fully saturated rings. The Bertz CT molecular complexity index is 414. The molecule has 0 N–H and O–H groups in total. The Balaban J connectivity index is 2.31. The van der Waals surface area contributed by atoms with Crippen molar-refractivity contribution in [2.24, 2.45) is 0 Å². The minimum absolute atomic E-state index is 0.210. The van der Waals surface area contributed by atoms with Gasteiger partial charge in [0.25, 0.3) is 0 Å². The van der Waals surface area contributed by atoms with Gasteiger partial charge >= 0.3 is 0 Å². The van der Waals surface area contributed by atoms with Gasteiger partial charge in [-0.3, -0.25) is 0 Å². The third-order valence-electron chi connectivity index (χ3n) is 2.53. The number of fused-ring (bicyclic) bond motifs is 1. The lowest BCUT2D eigenvalue weighted by Gasteiger charge is -2.33. The van der Waals surface area contributed by atoms with E-state index in [1.54, 1.807) is 7.11 Å². The van der Waals surface area contributed by atoms with E-state index < -0.39 is 0 Å². The van der Waals surface area contributed by atoms with Gasteiger partial charge in [-0.2, -0.15) is 0 Å². The topological polar surface area (TPSA) is 18.5 Å². The van der Waals surface area contributed by atoms with Crippen molar-refractivity contribution in [2.45, 2.75) is 24.3 Å². The predicted molar refractivity (Wildman–Crippen MR) is 67.6 cm³/mol. The molecule has 0 amide bonds. The summed E-state index contributed by atoms with van der Waals surface area (Å²) in [5, 5.41) is 0. The van der Waals surface area contributed by atoms with Crippen LogP contribution in [0.1, 0.15) is 13.8 Å². The lowest BCUT2D eigenvalue weighted by atomic mass is 10.1. The van der Waals surface area contributed by atoms with Crippen molar-refractivity contribution < 1.29 is 9.47 Å². The van der Waals surface area contributed by atoms with Crippen LogP contribution in [0.5, 0.6) is 11.5 Å². The standard InChI is InChI=1S/C13H16O2S/c1-4-7-13(2)9-16-12-6-5-10(14-3)8-11(12)15-13/h4-8H,9H2,1-3H3/b7-4+. The van der Waals surface area contributed by atoms with E-state index in [1.807, 2.05) is 43.0 Å². The van der Waals surface area contributed by atoms with E-state index in [9.17, 15) is 0 Å². The number of benzene rings is 1. The molecule has 0 aromatic heterocycles. The molecule has 1 heterocycles. The van der Waals surface area contributed by atoms with Crippen molar-refractivity contribution >= 4 is 11.8 Å². The molecule has 1 unspecified atom stereocenters. The molecule has 1 atom stereocenters. The van der Waals surface area contributed by atoms with E-state index in [-0.39, 0.29) is 5.60 Å². The lowest BCUT2D eigenvalue weighted by Crippen LogP contribution is -2.35. The lowest BCUT2D eigenvalue weighted by molar-refractivity contribution is 0.156. The highest BCUT2D eigenvalue weighted by Crippen LogP contribution is 2.41. The molecule has 3 heteroatoms. The minimum Gasteiger partial charge on any atom is -0.497 e. The third kappa shape index (κ3) is 2.19. The van der Waals surface area contributed by atoms with Crippen LogP contribution in [0.15, 0.2) is 35.2 Å². The molecule has 0 aliphatic carbocycles. The van der Waals surface area contributed by atoms with E-state index in [0.717, 1.165) is 17.3 Å². The Morgan fingerprint density at radius 1 is 1.50 bits per heavy atom. The van der Waals surface area contributed by atoms with Crippen LogP contribution in [-0.4, -0.2) is 18.5 Å². The molecule has 86 valence electrons. The Hall–Kier alpha value is -1.09. The Morgan fingerprint density at radius 3 is 3.00 bits per heavy atom. The second-order valence-corrected chi connectivity index (χ2v) is 5.03. The van der Waals surface area contributed by atoms with Crippen LogP contribution in [0.25, 0.3) is 0 Å². The Kier molecular flexibility index (Phi) is 3.15. The largest absolute Gasteiger partial charge is 0.497 e. The summed E-state index contributed by atoms with van der Waals surface area (Å²) >= 11 is 1.82. The summed E-state index contributed by atoms with van der Waals surface area (Å²) in [7, 11) is 1.67. The molecule has 0 saturated carbocycles. The fourth-order valence-electron chi connectivity index (χ4n) is 1.75. The fraction of sp³-hybridized carbons (Fsp3) is 0.385. The average Bonchev–Trinajstić information content (AvgIpc) is 2.28. The molecule has 0 spiro atoms. The first-order chi connectivity index (χ1) is 7.67. The number of ether oxygens (including phenoxy) is 2. The SMILES string of the molecule is C/C=C/C1(C)CSc2ccc(OC)cc2O1. The monoisotopic (exact) mass is 236 g/mol. The summed E-state index contributed by atoms with van der Waals surface area (Å²) in [5.41, 5.74) is -0.210. The van der Waals surface area contributed by atoms with Crippen LogP contribution in [0.3, 0.4) is 0 Å². The zero-order chi connectivity index (χ0) is 11.6. The van der Waals surface area contributed by atoms with E-state index in [0.29, 0.717) is 0 Å². The number of methoxy groups -OCH3 is 1. The summed E-state index contributed by atoms with van der Waals surface area (Å²) in [4.78, 5) is 1.18. The first-order valence-corrected chi connectivity index (χ1v) is 6.29. The molecule has 1 aromatic rings. The molecule has 2 nitrogen and oxygen atoms in total. The number of hydrogen-bond acceptors (Lipinski definition) is 3. The van der Waals surface area contributed by atoms with Gasteiger partial charge in [0, 0.05) is 16.7 Å². The summed E-state index contributed by atoms with van der Waals surface area (Å²) in [5.74, 6) is 2.69. The second-order valence-electron chi connectivity index (χ2n) is 4.02. The van der Waals surface area contributed by atoms with Crippen molar-refractivity contribution in [1.29, 1.82) is 0 Å². The highest BCUT2D eigenvalue weighted by molar-refractivity contribution is 7.99. The molecular weight excluding hydrogens is 220 g/mol. The molecule has 0 saturated heterocycles. The van der Waals surface area contributed by atoms with Crippen LogP contribution in [-0.2, 0) is 0 Å². The Morgan fingerprint density at radius 2 is 2.31 bits per heavy atom. The van der Waals surface area contributed by atoms with Crippen molar-refractivity contribution in [3.8, 4) is 11.5 Å². The van der Waals surface area contributed by atoms with Gasteiger partial charge in [0.2, 0.25) is 0 Å². The number of rotatable bonds is 2. The van der Waals surface area contributed by atoms with Crippen LogP contribution in [0, 0.1) is 0 Å². The fourth-order valence-corrected chi connectivity index (χ4v) is 2.76. The second kappa shape index (κ2) is 4.42. The summed E-state index contributed by atoms with van der Waals surface area (Å²) in [6.45, 7) is 4.11. The molecule has 1 aliphatic heterocycles. The normalized spacial score (nSPS) is 23.9. The molecular formula is C13H16O2S. The zero-order valence-corrected chi connectivity index (χ0v) is 10.6. The molecule has 0 radical (unpaired) electrons. The van der Waals surface area contributed by atoms with Gasteiger partial charge in [-0.1, -0.05) is 6.08 Å². The highest BCUT2D eigenvalue weighted by Gasteiger charge is 2.29. The number of thioether (sulfide) groups is 1. The zero-order valence-electron chi connectivity index (χ0n) is 9.82. The highest BCUT2D eigenvalue weighted by atomic mass is 32.2. The van der Waals surface area contributed by atoms with Crippen molar-refractivity contribution in [2.75, 3.05) is 12.9 Å². The van der Waals surface area contributed by atoms with Gasteiger partial charge in [-0.15, -0.1) is 11.8 Å². The van der Waals surface area contributed by atoms with Crippen LogP contribution in [0.4, 0.5) is 0 Å². The van der Waals surface area contributed by atoms with Gasteiger partial charge < -0.3 is 9.47 Å². The quantitative estimate of drug-likeness (QED) is 0.732. The number of allylic oxidation sites excluding steroid dienone is 1. The minimum atomic E-state index is -0.210. The summed E-state index contributed by atoms with van der Waals surface area (Å²) < 4.78 is 11.2. The summed E-state index contributed by atoms with van der Waals surface area (Å²) in [6, 6.07) is 5.96. The van der Waals surface area contributed by atoms with Crippen LogP contribution >= 0.6 is 11.8 Å². The maximum Gasteiger partial charge on any atom is 0.137 e. The van der Waals surface area contributed by atoms with Gasteiger partial charge in [-0.05, 0) is 32.1 Å². The smallest absolute Gasteiger partial charge is 0.137 e. The predicted octanol–water partition coefficient (Wildman–Crippen LogP) is 3.51. The first kappa shape index (κ1) is 11.4. The van der Waals surface area contributed by atoms with Crippen molar-refractivity contribution in [3.05, 3.63) is 30.4 Å². The van der Waals surface area contributed by atoms with E-state index >= 15 is 0 Å². The van der Waals surface area contributed by atoms with Crippen LogP contribution < -0.4 is 9.47 Å². The molecule has 16 heavy (non-hydrogen) atoms. The molecule has 0 bridgehead atoms. The van der Waals surface area contributed by atoms with Gasteiger partial charge in [0.1, 0.15) is 17.1 Å². The van der Waals surface area contributed by atoms with Gasteiger partial charge in [0.05, 0.1) is 7.11 Å². The summed E-state index contributed by atoms with van der Waals surface area (Å²) in [6.07, 6.45) is 4.13. The molecule has 1 aliphatic rings. The first-order valence-electron chi connectivity index (χ1n) is 5.30. The molecule has 1 aromatic carbocycles. The van der Waals surface area contributed by atoms with E-state index in [2.05, 4.69) is 13.0 Å². The van der Waals surface area contributed by atoms with E-state index in [4.69, 9.17) is 9.47 Å². The maximum atomic E-state index is 6.01. The van der Waals surface area contributed by atoms with Gasteiger partial charge in [-0.25, -0.2) is 0 Å². The van der Waals surface area contributed by atoms with Crippen LogP contribution in [0.2, 0.25) is 0 Å². The maximum absolute atomic E-state index is 6.01. The van der Waals surface area contributed by atoms with Gasteiger partial charge in [0.15, 0.2) is 0 Å². The van der Waals surface area contributed by atoms with E-state index in [1.165, 1.54) is 4.90 Å². The Labute approximate surface area is 101 Å². The van der Waals surface area contributed by atoms with Crippen molar-refractivity contribution in [1.82, 2.24) is 0 Å². The average molecular weight is 236 g/mol. The number of hydrogen-bond donors (Lipinski definition) is 0. The third-order valence-corrected chi connectivity index (χ3v) is 3.89. The van der Waals surface area contributed by atoms with Crippen molar-refractivity contribution in [3.63, 3.8) is 0 Å². The molecule has 2 rings (SSSR count).